The molecular formula is C18H16Cl2F3N5. The number of hydrogen-bond donors (Lipinski definition) is 2. The minimum atomic E-state index is -4.57. The van der Waals surface area contributed by atoms with E-state index in [9.17, 15) is 13.2 Å². The van der Waals surface area contributed by atoms with E-state index in [2.05, 4.69) is 20.6 Å². The Bertz CT molecular complexity index is 972. The van der Waals surface area contributed by atoms with Gasteiger partial charge in [0.05, 0.1) is 10.0 Å². The first-order chi connectivity index (χ1) is 13.2. The molecule has 1 aromatic carbocycles. The van der Waals surface area contributed by atoms with Gasteiger partial charge in [0.25, 0.3) is 0 Å². The summed E-state index contributed by atoms with van der Waals surface area (Å²) in [5.74, 6) is -0.285. The molecule has 0 aliphatic rings. The van der Waals surface area contributed by atoms with Crippen molar-refractivity contribution in [2.24, 2.45) is 7.05 Å². The second-order valence-electron chi connectivity index (χ2n) is 5.99. The van der Waals surface area contributed by atoms with Crippen molar-refractivity contribution in [3.8, 4) is 0 Å². The van der Waals surface area contributed by atoms with Crippen molar-refractivity contribution in [3.05, 3.63) is 64.0 Å². The standard InChI is InChI=1S/C18H16Cl2F3N5/c1-28-8-2-3-12(28)6-7-24-16-13(18(21,22)23)10-25-17(27-16)26-11-4-5-14(19)15(20)9-11/h2-5,8-10H,6-7H2,1H3,(H2,24,25,26,27). The zero-order chi connectivity index (χ0) is 20.3. The first kappa shape index (κ1) is 20.3. The predicted octanol–water partition coefficient (Wildman–Crippen LogP) is 5.54. The van der Waals surface area contributed by atoms with Crippen LogP contribution in [0.5, 0.6) is 0 Å². The molecule has 2 aromatic heterocycles. The highest BCUT2D eigenvalue weighted by atomic mass is 35.5. The van der Waals surface area contributed by atoms with Gasteiger partial charge >= 0.3 is 6.18 Å². The summed E-state index contributed by atoms with van der Waals surface area (Å²) in [7, 11) is 1.88. The average molecular weight is 430 g/mol. The van der Waals surface area contributed by atoms with E-state index in [1.165, 1.54) is 6.07 Å². The molecule has 3 aromatic rings. The van der Waals surface area contributed by atoms with Crippen molar-refractivity contribution in [1.82, 2.24) is 14.5 Å². The lowest BCUT2D eigenvalue weighted by atomic mass is 10.2. The summed E-state index contributed by atoms with van der Waals surface area (Å²) < 4.78 is 41.8. The fraction of sp³-hybridized carbons (Fsp3) is 0.222. The third kappa shape index (κ3) is 4.88. The molecule has 0 atom stereocenters. The fourth-order valence-corrected chi connectivity index (χ4v) is 2.85. The predicted molar refractivity (Wildman–Crippen MR) is 104 cm³/mol. The molecule has 0 spiro atoms. The summed E-state index contributed by atoms with van der Waals surface area (Å²) in [5.41, 5.74) is 0.562. The van der Waals surface area contributed by atoms with Crippen LogP contribution in [0, 0.1) is 0 Å². The Kier molecular flexibility index (Phi) is 6.00. The molecule has 0 fully saturated rings. The highest BCUT2D eigenvalue weighted by Crippen LogP contribution is 2.34. The maximum atomic E-state index is 13.3. The minimum Gasteiger partial charge on any atom is -0.369 e. The topological polar surface area (TPSA) is 54.8 Å². The Morgan fingerprint density at radius 2 is 1.93 bits per heavy atom. The van der Waals surface area contributed by atoms with Crippen LogP contribution in [0.1, 0.15) is 11.3 Å². The molecule has 2 N–H and O–H groups in total. The van der Waals surface area contributed by atoms with Gasteiger partial charge in [0, 0.05) is 43.8 Å². The number of alkyl halides is 3. The van der Waals surface area contributed by atoms with Gasteiger partial charge in [-0.1, -0.05) is 23.2 Å². The van der Waals surface area contributed by atoms with Gasteiger partial charge < -0.3 is 15.2 Å². The van der Waals surface area contributed by atoms with Crippen LogP contribution in [-0.4, -0.2) is 21.1 Å². The number of aryl methyl sites for hydroxylation is 1. The minimum absolute atomic E-state index is 0.00718. The second kappa shape index (κ2) is 8.28. The SMILES string of the molecule is Cn1cccc1CCNc1nc(Nc2ccc(Cl)c(Cl)c2)ncc1C(F)(F)F. The molecule has 3 rings (SSSR count). The lowest BCUT2D eigenvalue weighted by Gasteiger charge is -2.15. The summed E-state index contributed by atoms with van der Waals surface area (Å²) >= 11 is 11.8. The van der Waals surface area contributed by atoms with Gasteiger partial charge in [-0.2, -0.15) is 18.2 Å². The summed E-state index contributed by atoms with van der Waals surface area (Å²) in [6, 6.07) is 8.50. The molecule has 0 saturated heterocycles. The van der Waals surface area contributed by atoms with Gasteiger partial charge in [-0.3, -0.25) is 0 Å². The van der Waals surface area contributed by atoms with Gasteiger partial charge in [-0.25, -0.2) is 4.98 Å². The molecule has 0 saturated carbocycles. The van der Waals surface area contributed by atoms with E-state index in [0.717, 1.165) is 11.9 Å². The van der Waals surface area contributed by atoms with Crippen LogP contribution in [0.4, 0.5) is 30.6 Å². The first-order valence-electron chi connectivity index (χ1n) is 8.24. The monoisotopic (exact) mass is 429 g/mol. The maximum Gasteiger partial charge on any atom is 0.421 e. The molecule has 10 heteroatoms. The molecular weight excluding hydrogens is 414 g/mol. The summed E-state index contributed by atoms with van der Waals surface area (Å²) in [4.78, 5) is 7.75. The summed E-state index contributed by atoms with van der Waals surface area (Å²) in [6.45, 7) is 0.282. The van der Waals surface area contributed by atoms with E-state index >= 15 is 0 Å². The van der Waals surface area contributed by atoms with E-state index in [1.807, 2.05) is 29.9 Å². The van der Waals surface area contributed by atoms with E-state index in [0.29, 0.717) is 22.2 Å². The molecule has 0 bridgehead atoms. The molecule has 0 aliphatic heterocycles. The lowest BCUT2D eigenvalue weighted by molar-refractivity contribution is -0.137. The van der Waals surface area contributed by atoms with Crippen molar-refractivity contribution in [3.63, 3.8) is 0 Å². The summed E-state index contributed by atoms with van der Waals surface area (Å²) in [6.07, 6.45) is -1.41. The highest BCUT2D eigenvalue weighted by Gasteiger charge is 2.35. The molecule has 0 amide bonds. The summed E-state index contributed by atoms with van der Waals surface area (Å²) in [5, 5.41) is 6.26. The van der Waals surface area contributed by atoms with Crippen LogP contribution in [0.25, 0.3) is 0 Å². The molecule has 148 valence electrons. The Balaban J connectivity index is 1.80. The van der Waals surface area contributed by atoms with Crippen molar-refractivity contribution in [2.45, 2.75) is 12.6 Å². The van der Waals surface area contributed by atoms with Gasteiger partial charge in [0.15, 0.2) is 0 Å². The average Bonchev–Trinajstić information content (AvgIpc) is 3.02. The second-order valence-corrected chi connectivity index (χ2v) is 6.81. The number of hydrogen-bond acceptors (Lipinski definition) is 4. The Morgan fingerprint density at radius 1 is 1.14 bits per heavy atom. The van der Waals surface area contributed by atoms with Crippen LogP contribution < -0.4 is 10.6 Å². The third-order valence-electron chi connectivity index (χ3n) is 3.99. The Labute approximate surface area is 169 Å². The van der Waals surface area contributed by atoms with Crippen LogP contribution in [0.2, 0.25) is 10.0 Å². The quantitative estimate of drug-likeness (QED) is 0.540. The largest absolute Gasteiger partial charge is 0.421 e. The maximum absolute atomic E-state index is 13.3. The van der Waals surface area contributed by atoms with Crippen molar-refractivity contribution < 1.29 is 13.2 Å². The fourth-order valence-electron chi connectivity index (χ4n) is 2.55. The zero-order valence-electron chi connectivity index (χ0n) is 14.7. The van der Waals surface area contributed by atoms with Crippen molar-refractivity contribution >= 4 is 40.7 Å². The molecule has 0 radical (unpaired) electrons. The normalized spacial score (nSPS) is 11.5. The van der Waals surface area contributed by atoms with Crippen LogP contribution in [0.15, 0.2) is 42.7 Å². The smallest absolute Gasteiger partial charge is 0.369 e. The van der Waals surface area contributed by atoms with Crippen LogP contribution in [0.3, 0.4) is 0 Å². The van der Waals surface area contributed by atoms with Gasteiger partial charge in [-0.15, -0.1) is 0 Å². The molecule has 28 heavy (non-hydrogen) atoms. The van der Waals surface area contributed by atoms with Gasteiger partial charge in [0.2, 0.25) is 5.95 Å². The Hall–Kier alpha value is -2.45. The van der Waals surface area contributed by atoms with E-state index in [1.54, 1.807) is 12.1 Å². The lowest BCUT2D eigenvalue weighted by Crippen LogP contribution is -2.16. The van der Waals surface area contributed by atoms with Gasteiger partial charge in [-0.05, 0) is 30.3 Å². The van der Waals surface area contributed by atoms with E-state index in [-0.39, 0.29) is 18.3 Å². The highest BCUT2D eigenvalue weighted by molar-refractivity contribution is 6.42. The van der Waals surface area contributed by atoms with E-state index in [4.69, 9.17) is 23.2 Å². The van der Waals surface area contributed by atoms with Crippen molar-refractivity contribution in [1.29, 1.82) is 0 Å². The molecule has 2 heterocycles. The molecule has 0 aliphatic carbocycles. The number of halogens is 5. The number of benzene rings is 1. The van der Waals surface area contributed by atoms with Crippen molar-refractivity contribution in [2.75, 3.05) is 17.2 Å². The van der Waals surface area contributed by atoms with Crippen LogP contribution >= 0.6 is 23.2 Å². The Morgan fingerprint density at radius 3 is 2.57 bits per heavy atom. The number of nitrogens with zero attached hydrogens (tertiary/aromatic N) is 3. The third-order valence-corrected chi connectivity index (χ3v) is 4.73. The zero-order valence-corrected chi connectivity index (χ0v) is 16.2. The van der Waals surface area contributed by atoms with E-state index < -0.39 is 11.7 Å². The number of aromatic nitrogens is 3. The van der Waals surface area contributed by atoms with Crippen LogP contribution in [-0.2, 0) is 19.6 Å². The number of rotatable bonds is 6. The number of anilines is 3. The number of nitrogens with one attached hydrogen (secondary N) is 2. The molecule has 0 unspecified atom stereocenters. The van der Waals surface area contributed by atoms with Gasteiger partial charge in [0.1, 0.15) is 11.4 Å². The first-order valence-corrected chi connectivity index (χ1v) is 9.00. The molecule has 5 nitrogen and oxygen atoms in total.